The molecule has 6 heteroatoms. The number of hydrogen-bond donors (Lipinski definition) is 2. The summed E-state index contributed by atoms with van der Waals surface area (Å²) >= 11 is 0. The molecule has 2 aromatic rings. The lowest BCUT2D eigenvalue weighted by atomic mass is 9.86. The number of hydrazone groups is 1. The molecule has 0 aromatic heterocycles. The fraction of sp³-hybridized carbons (Fsp3) is 0.250. The van der Waals surface area contributed by atoms with Crippen LogP contribution in [0.15, 0.2) is 53.6 Å². The molecule has 0 fully saturated rings. The monoisotopic (exact) mass is 354 g/mol. The average molecular weight is 354 g/mol. The number of para-hydroxylation sites is 1. The molecule has 0 saturated heterocycles. The largest absolute Gasteiger partial charge is 0.483 e. The molecular formula is C20H22N2O4. The Morgan fingerprint density at radius 2 is 1.77 bits per heavy atom. The van der Waals surface area contributed by atoms with E-state index in [-0.39, 0.29) is 23.5 Å². The van der Waals surface area contributed by atoms with E-state index in [2.05, 4.69) is 31.3 Å². The molecule has 2 N–H and O–H groups in total. The number of aromatic carboxylic acids is 1. The first-order valence-electron chi connectivity index (χ1n) is 8.15. The number of benzene rings is 2. The van der Waals surface area contributed by atoms with Crippen LogP contribution >= 0.6 is 0 Å². The van der Waals surface area contributed by atoms with Gasteiger partial charge in [0.25, 0.3) is 5.91 Å². The van der Waals surface area contributed by atoms with E-state index in [1.54, 1.807) is 12.1 Å². The predicted molar refractivity (Wildman–Crippen MR) is 99.8 cm³/mol. The number of rotatable bonds is 6. The maximum Gasteiger partial charge on any atom is 0.335 e. The smallest absolute Gasteiger partial charge is 0.335 e. The van der Waals surface area contributed by atoms with Gasteiger partial charge in [0, 0.05) is 0 Å². The van der Waals surface area contributed by atoms with Gasteiger partial charge in [0.15, 0.2) is 6.61 Å². The fourth-order valence-corrected chi connectivity index (χ4v) is 2.28. The molecule has 1 amide bonds. The van der Waals surface area contributed by atoms with Crippen LogP contribution in [-0.2, 0) is 10.2 Å². The number of carbonyl (C=O) groups is 2. The Labute approximate surface area is 152 Å². The lowest BCUT2D eigenvalue weighted by Crippen LogP contribution is -2.25. The Morgan fingerprint density at radius 3 is 2.38 bits per heavy atom. The van der Waals surface area contributed by atoms with Gasteiger partial charge in [0.1, 0.15) is 5.75 Å². The summed E-state index contributed by atoms with van der Waals surface area (Å²) < 4.78 is 5.62. The van der Waals surface area contributed by atoms with E-state index in [1.807, 2.05) is 24.3 Å². The molecule has 0 aliphatic heterocycles. The Bertz CT molecular complexity index is 805. The molecule has 0 aliphatic carbocycles. The molecule has 0 radical (unpaired) electrons. The van der Waals surface area contributed by atoms with Crippen molar-refractivity contribution in [3.05, 3.63) is 65.2 Å². The summed E-state index contributed by atoms with van der Waals surface area (Å²) in [5.74, 6) is -0.704. The van der Waals surface area contributed by atoms with Crippen LogP contribution in [0.4, 0.5) is 0 Å². The zero-order chi connectivity index (χ0) is 19.2. The number of nitrogens with one attached hydrogen (secondary N) is 1. The van der Waals surface area contributed by atoms with Gasteiger partial charge in [-0.3, -0.25) is 4.79 Å². The molecule has 0 heterocycles. The predicted octanol–water partition coefficient (Wildman–Crippen LogP) is 3.21. The van der Waals surface area contributed by atoms with Crippen LogP contribution < -0.4 is 10.2 Å². The van der Waals surface area contributed by atoms with Gasteiger partial charge in [-0.2, -0.15) is 5.10 Å². The van der Waals surface area contributed by atoms with Crippen LogP contribution in [0.3, 0.4) is 0 Å². The van der Waals surface area contributed by atoms with Crippen LogP contribution in [0.25, 0.3) is 0 Å². The first-order valence-corrected chi connectivity index (χ1v) is 8.15. The quantitative estimate of drug-likeness (QED) is 0.616. The molecule has 0 bridgehead atoms. The lowest BCUT2D eigenvalue weighted by Gasteiger charge is -2.22. The van der Waals surface area contributed by atoms with Crippen molar-refractivity contribution < 1.29 is 19.4 Å². The van der Waals surface area contributed by atoms with Crippen molar-refractivity contribution in [3.8, 4) is 5.75 Å². The van der Waals surface area contributed by atoms with Crippen LogP contribution in [0, 0.1) is 0 Å². The second-order valence-corrected chi connectivity index (χ2v) is 6.76. The minimum atomic E-state index is -0.991. The van der Waals surface area contributed by atoms with Crippen molar-refractivity contribution in [1.82, 2.24) is 5.43 Å². The number of nitrogens with zero attached hydrogens (tertiary/aromatic N) is 1. The third kappa shape index (κ3) is 5.44. The van der Waals surface area contributed by atoms with Crippen molar-refractivity contribution in [1.29, 1.82) is 0 Å². The fourth-order valence-electron chi connectivity index (χ4n) is 2.28. The number of ether oxygens (including phenoxy) is 1. The van der Waals surface area contributed by atoms with E-state index in [1.165, 1.54) is 18.3 Å². The molecule has 6 nitrogen and oxygen atoms in total. The van der Waals surface area contributed by atoms with Gasteiger partial charge in [-0.25, -0.2) is 10.2 Å². The van der Waals surface area contributed by atoms with Crippen LogP contribution in [0.1, 0.15) is 42.3 Å². The first kappa shape index (κ1) is 19.2. The topological polar surface area (TPSA) is 88.0 Å². The molecule has 2 aromatic carbocycles. The summed E-state index contributed by atoms with van der Waals surface area (Å²) in [6.07, 6.45) is 1.44. The standard InChI is InChI=1S/C20H22N2O4/c1-20(2,3)16-6-4-5-7-17(16)26-13-18(23)22-21-12-14-8-10-15(11-9-14)19(24)25/h4-12H,13H2,1-3H3,(H,22,23)(H,24,25)/b21-12-. The summed E-state index contributed by atoms with van der Waals surface area (Å²) in [4.78, 5) is 22.7. The number of carboxylic acids is 1. The van der Waals surface area contributed by atoms with E-state index in [0.29, 0.717) is 11.3 Å². The second-order valence-electron chi connectivity index (χ2n) is 6.76. The van der Waals surface area contributed by atoms with Gasteiger partial charge < -0.3 is 9.84 Å². The summed E-state index contributed by atoms with van der Waals surface area (Å²) in [7, 11) is 0. The average Bonchev–Trinajstić information content (AvgIpc) is 2.60. The summed E-state index contributed by atoms with van der Waals surface area (Å²) in [6, 6.07) is 13.8. The highest BCUT2D eigenvalue weighted by Crippen LogP contribution is 2.30. The Hall–Kier alpha value is -3.15. The van der Waals surface area contributed by atoms with Gasteiger partial charge in [0.05, 0.1) is 11.8 Å². The Kier molecular flexibility index (Phi) is 6.11. The maximum absolute atomic E-state index is 11.9. The first-order chi connectivity index (χ1) is 12.3. The van der Waals surface area contributed by atoms with E-state index >= 15 is 0 Å². The van der Waals surface area contributed by atoms with Crippen molar-refractivity contribution in [2.45, 2.75) is 26.2 Å². The number of amides is 1. The van der Waals surface area contributed by atoms with Crippen LogP contribution in [0.5, 0.6) is 5.75 Å². The molecular weight excluding hydrogens is 332 g/mol. The Morgan fingerprint density at radius 1 is 1.12 bits per heavy atom. The number of hydrogen-bond acceptors (Lipinski definition) is 4. The molecule has 0 saturated carbocycles. The van der Waals surface area contributed by atoms with E-state index in [4.69, 9.17) is 9.84 Å². The van der Waals surface area contributed by atoms with Crippen molar-refractivity contribution in [2.24, 2.45) is 5.10 Å². The Balaban J connectivity index is 1.89. The summed E-state index contributed by atoms with van der Waals surface area (Å²) in [5.41, 5.74) is 4.19. The minimum Gasteiger partial charge on any atom is -0.483 e. The highest BCUT2D eigenvalue weighted by molar-refractivity contribution is 5.89. The van der Waals surface area contributed by atoms with Crippen LogP contribution in [0.2, 0.25) is 0 Å². The van der Waals surface area contributed by atoms with E-state index in [9.17, 15) is 9.59 Å². The molecule has 0 spiro atoms. The lowest BCUT2D eigenvalue weighted by molar-refractivity contribution is -0.123. The second kappa shape index (κ2) is 8.29. The molecule has 0 aliphatic rings. The van der Waals surface area contributed by atoms with Gasteiger partial charge in [-0.05, 0) is 34.7 Å². The van der Waals surface area contributed by atoms with Gasteiger partial charge >= 0.3 is 5.97 Å². The molecule has 136 valence electrons. The third-order valence-corrected chi connectivity index (χ3v) is 3.61. The number of carboxylic acid groups (broad SMARTS) is 1. The van der Waals surface area contributed by atoms with Gasteiger partial charge in [0.2, 0.25) is 0 Å². The SMILES string of the molecule is CC(C)(C)c1ccccc1OCC(=O)N/N=C\c1ccc(C(=O)O)cc1. The zero-order valence-corrected chi connectivity index (χ0v) is 15.0. The number of carbonyl (C=O) groups excluding carboxylic acids is 1. The van der Waals surface area contributed by atoms with Crippen molar-refractivity contribution >= 4 is 18.1 Å². The summed E-state index contributed by atoms with van der Waals surface area (Å²) in [6.45, 7) is 6.09. The molecule has 2 rings (SSSR count). The van der Waals surface area contributed by atoms with E-state index in [0.717, 1.165) is 5.56 Å². The highest BCUT2D eigenvalue weighted by Gasteiger charge is 2.18. The molecule has 0 atom stereocenters. The molecule has 26 heavy (non-hydrogen) atoms. The van der Waals surface area contributed by atoms with Crippen LogP contribution in [-0.4, -0.2) is 29.8 Å². The third-order valence-electron chi connectivity index (χ3n) is 3.61. The molecule has 0 unspecified atom stereocenters. The van der Waals surface area contributed by atoms with E-state index < -0.39 is 5.97 Å². The van der Waals surface area contributed by atoms with Crippen molar-refractivity contribution in [2.75, 3.05) is 6.61 Å². The highest BCUT2D eigenvalue weighted by atomic mass is 16.5. The maximum atomic E-state index is 11.9. The van der Waals surface area contributed by atoms with Gasteiger partial charge in [-0.1, -0.05) is 51.1 Å². The normalized spacial score (nSPS) is 11.3. The minimum absolute atomic E-state index is 0.0899. The summed E-state index contributed by atoms with van der Waals surface area (Å²) in [5, 5.41) is 12.7. The van der Waals surface area contributed by atoms with Gasteiger partial charge in [-0.15, -0.1) is 0 Å². The van der Waals surface area contributed by atoms with Crippen molar-refractivity contribution in [3.63, 3.8) is 0 Å². The zero-order valence-electron chi connectivity index (χ0n) is 15.0.